The number of rotatable bonds is 11. The number of hydrogen-bond acceptors (Lipinski definition) is 6. The number of halogens is 1. The fourth-order valence-corrected chi connectivity index (χ4v) is 6.23. The Labute approximate surface area is 268 Å². The van der Waals surface area contributed by atoms with Gasteiger partial charge in [0.15, 0.2) is 0 Å². The van der Waals surface area contributed by atoms with Crippen LogP contribution in [0, 0.1) is 6.92 Å². The highest BCUT2D eigenvalue weighted by atomic mass is 32.2. The molecule has 1 aromatic heterocycles. The number of nitrogens with one attached hydrogen (secondary N) is 1. The van der Waals surface area contributed by atoms with E-state index in [1.807, 2.05) is 0 Å². The number of hydrogen-bond donors (Lipinski definition) is 2. The first-order chi connectivity index (χ1) is 21.6. The summed E-state index contributed by atoms with van der Waals surface area (Å²) in [5, 5.41) is 12.7. The molecule has 0 aliphatic carbocycles. The molecule has 0 fully saturated rings. The molecule has 0 radical (unpaired) electrons. The van der Waals surface area contributed by atoms with E-state index < -0.39 is 33.5 Å². The monoisotopic (exact) mass is 651 g/mol. The molecule has 2 N–H and O–H groups in total. The maximum atomic E-state index is 15.2. The van der Waals surface area contributed by atoms with E-state index in [4.69, 9.17) is 9.47 Å². The van der Waals surface area contributed by atoms with E-state index in [1.165, 1.54) is 41.7 Å². The molecule has 4 rings (SSSR count). The van der Waals surface area contributed by atoms with Crippen LogP contribution >= 0.6 is 0 Å². The number of ether oxygens (including phenoxy) is 2. The second-order valence-corrected chi connectivity index (χ2v) is 13.8. The number of carboxylic acid groups (broad SMARTS) is 1. The fourth-order valence-electron chi connectivity index (χ4n) is 5.02. The summed E-state index contributed by atoms with van der Waals surface area (Å²) in [6.45, 7) is 6.77. The quantitative estimate of drug-likeness (QED) is 0.189. The van der Waals surface area contributed by atoms with Gasteiger partial charge in [-0.3, -0.25) is 0 Å². The third-order valence-corrected chi connectivity index (χ3v) is 9.04. The van der Waals surface area contributed by atoms with Crippen LogP contribution in [0.5, 0.6) is 5.75 Å². The van der Waals surface area contributed by atoms with Crippen molar-refractivity contribution in [1.82, 2.24) is 14.2 Å². The van der Waals surface area contributed by atoms with E-state index in [1.54, 1.807) is 81.8 Å². The molecule has 0 bridgehead atoms. The predicted molar refractivity (Wildman–Crippen MR) is 174 cm³/mol. The van der Waals surface area contributed by atoms with Gasteiger partial charge in [-0.05, 0) is 87.4 Å². The standard InChI is InChI=1S/C34H38FN3O7S/c1-22-31(24-8-7-9-28(18-24)46(42,43)37(5)20-23-10-13-27(44-6)14-11-23)29-19-25(32(39)40)12-15-30(29)38(22)21-26(35)16-17-36-33(41)45-34(2,3)4/h7-16,18-19H,17,20-21H2,1-6H3,(H,36,41)(H,39,40)/b26-16-. The van der Waals surface area contributed by atoms with Crippen LogP contribution in [0.25, 0.3) is 22.0 Å². The molecule has 0 aliphatic rings. The van der Waals surface area contributed by atoms with Crippen LogP contribution in [0.15, 0.2) is 83.5 Å². The smallest absolute Gasteiger partial charge is 0.407 e. The molecular weight excluding hydrogens is 613 g/mol. The van der Waals surface area contributed by atoms with Crippen molar-refractivity contribution in [2.24, 2.45) is 0 Å². The SMILES string of the molecule is COc1ccc(CN(C)S(=O)(=O)c2cccc(-c3c(C)n(C/C(F)=C/CNC(=O)OC(C)(C)C)c4ccc(C(=O)O)cc34)c2)cc1. The van der Waals surface area contributed by atoms with Crippen molar-refractivity contribution >= 4 is 33.0 Å². The molecule has 0 saturated carbocycles. The average Bonchev–Trinajstić information content (AvgIpc) is 3.26. The number of allylic oxidation sites excluding steroid dienone is 1. The van der Waals surface area contributed by atoms with Gasteiger partial charge in [0.1, 0.15) is 17.2 Å². The number of fused-ring (bicyclic) bond motifs is 1. The molecular formula is C34H38FN3O7S. The highest BCUT2D eigenvalue weighted by Gasteiger charge is 2.24. The van der Waals surface area contributed by atoms with Crippen molar-refractivity contribution in [3.63, 3.8) is 0 Å². The molecule has 0 atom stereocenters. The number of benzene rings is 3. The summed E-state index contributed by atoms with van der Waals surface area (Å²) in [4.78, 5) is 23.8. The largest absolute Gasteiger partial charge is 0.497 e. The number of aromatic nitrogens is 1. The van der Waals surface area contributed by atoms with Gasteiger partial charge in [-0.2, -0.15) is 4.31 Å². The molecule has 244 valence electrons. The first-order valence-corrected chi connectivity index (χ1v) is 15.9. The summed E-state index contributed by atoms with van der Waals surface area (Å²) < 4.78 is 55.8. The number of alkyl carbamates (subject to hydrolysis) is 1. The fraction of sp³-hybridized carbons (Fsp3) is 0.294. The molecule has 4 aromatic rings. The van der Waals surface area contributed by atoms with Gasteiger partial charge < -0.3 is 24.5 Å². The average molecular weight is 652 g/mol. The van der Waals surface area contributed by atoms with E-state index in [2.05, 4.69) is 5.32 Å². The minimum absolute atomic E-state index is 0.0338. The van der Waals surface area contributed by atoms with Crippen LogP contribution in [-0.4, -0.2) is 60.8 Å². The number of carbonyl (C=O) groups excluding carboxylic acids is 1. The van der Waals surface area contributed by atoms with Crippen LogP contribution in [0.1, 0.15) is 42.4 Å². The first-order valence-electron chi connectivity index (χ1n) is 14.5. The molecule has 0 aliphatic heterocycles. The topological polar surface area (TPSA) is 127 Å². The van der Waals surface area contributed by atoms with Crippen molar-refractivity contribution in [2.45, 2.75) is 51.3 Å². The summed E-state index contributed by atoms with van der Waals surface area (Å²) >= 11 is 0. The number of carbonyl (C=O) groups is 2. The van der Waals surface area contributed by atoms with Crippen molar-refractivity contribution in [1.29, 1.82) is 0 Å². The lowest BCUT2D eigenvalue weighted by molar-refractivity contribution is 0.0533. The Morgan fingerprint density at radius 1 is 1.07 bits per heavy atom. The lowest BCUT2D eigenvalue weighted by Crippen LogP contribution is -2.32. The van der Waals surface area contributed by atoms with Crippen molar-refractivity contribution in [3.05, 3.63) is 95.5 Å². The summed E-state index contributed by atoms with van der Waals surface area (Å²) in [5.74, 6) is -1.01. The normalized spacial score (nSPS) is 12.4. The Bertz CT molecular complexity index is 1890. The highest BCUT2D eigenvalue weighted by Crippen LogP contribution is 2.37. The molecule has 12 heteroatoms. The Morgan fingerprint density at radius 3 is 2.39 bits per heavy atom. The zero-order valence-corrected chi connectivity index (χ0v) is 27.4. The van der Waals surface area contributed by atoms with Crippen molar-refractivity contribution < 1.29 is 37.0 Å². The maximum absolute atomic E-state index is 15.2. The molecule has 3 aromatic carbocycles. The van der Waals surface area contributed by atoms with Gasteiger partial charge in [-0.15, -0.1) is 0 Å². The second-order valence-electron chi connectivity index (χ2n) is 11.8. The minimum atomic E-state index is -3.92. The Hall–Kier alpha value is -4.68. The number of carboxylic acids is 1. The van der Waals surface area contributed by atoms with Gasteiger partial charge in [0, 0.05) is 42.3 Å². The Balaban J connectivity index is 1.69. The minimum Gasteiger partial charge on any atom is -0.497 e. The number of nitrogens with zero attached hydrogens (tertiary/aromatic N) is 2. The molecule has 0 unspecified atom stereocenters. The molecule has 1 amide bonds. The van der Waals surface area contributed by atoms with Crippen molar-refractivity contribution in [2.75, 3.05) is 20.7 Å². The summed E-state index contributed by atoms with van der Waals surface area (Å²) in [5.41, 5.74) is 2.38. The lowest BCUT2D eigenvalue weighted by atomic mass is 10.0. The van der Waals surface area contributed by atoms with Crippen LogP contribution in [-0.2, 0) is 27.8 Å². The first kappa shape index (κ1) is 34.2. The van der Waals surface area contributed by atoms with Gasteiger partial charge in [0.2, 0.25) is 10.0 Å². The number of aromatic carboxylic acids is 1. The second kappa shape index (κ2) is 13.8. The van der Waals surface area contributed by atoms with E-state index in [0.29, 0.717) is 33.5 Å². The highest BCUT2D eigenvalue weighted by molar-refractivity contribution is 7.89. The lowest BCUT2D eigenvalue weighted by Gasteiger charge is -2.19. The van der Waals surface area contributed by atoms with Crippen LogP contribution < -0.4 is 10.1 Å². The van der Waals surface area contributed by atoms with Gasteiger partial charge in [-0.1, -0.05) is 24.3 Å². The number of amides is 1. The van der Waals surface area contributed by atoms with Crippen LogP contribution in [0.4, 0.5) is 9.18 Å². The molecule has 0 spiro atoms. The zero-order chi connectivity index (χ0) is 33.8. The molecule has 46 heavy (non-hydrogen) atoms. The Kier molecular flexibility index (Phi) is 10.2. The van der Waals surface area contributed by atoms with Crippen LogP contribution in [0.3, 0.4) is 0 Å². The zero-order valence-electron chi connectivity index (χ0n) is 26.6. The van der Waals surface area contributed by atoms with Gasteiger partial charge >= 0.3 is 12.1 Å². The predicted octanol–water partition coefficient (Wildman–Crippen LogP) is 6.52. The van der Waals surface area contributed by atoms with Crippen LogP contribution in [0.2, 0.25) is 0 Å². The summed E-state index contributed by atoms with van der Waals surface area (Å²) in [6, 6.07) is 18.0. The molecule has 0 saturated heterocycles. The summed E-state index contributed by atoms with van der Waals surface area (Å²) in [7, 11) is -0.874. The molecule has 1 heterocycles. The van der Waals surface area contributed by atoms with E-state index >= 15 is 4.39 Å². The van der Waals surface area contributed by atoms with Gasteiger partial charge in [0.05, 0.1) is 24.1 Å². The van der Waals surface area contributed by atoms with Crippen molar-refractivity contribution in [3.8, 4) is 16.9 Å². The number of sulfonamides is 1. The third-order valence-electron chi connectivity index (χ3n) is 7.24. The third kappa shape index (κ3) is 7.93. The van der Waals surface area contributed by atoms with Gasteiger partial charge in [0.25, 0.3) is 0 Å². The Morgan fingerprint density at radius 2 is 1.76 bits per heavy atom. The van der Waals surface area contributed by atoms with E-state index in [9.17, 15) is 23.1 Å². The van der Waals surface area contributed by atoms with E-state index in [0.717, 1.165) is 5.56 Å². The number of methoxy groups -OCH3 is 1. The maximum Gasteiger partial charge on any atom is 0.407 e. The van der Waals surface area contributed by atoms with E-state index in [-0.39, 0.29) is 30.1 Å². The summed E-state index contributed by atoms with van der Waals surface area (Å²) in [6.07, 6.45) is 0.555. The molecule has 10 nitrogen and oxygen atoms in total. The van der Waals surface area contributed by atoms with Gasteiger partial charge in [-0.25, -0.2) is 22.4 Å².